The van der Waals surface area contributed by atoms with Crippen LogP contribution in [-0.4, -0.2) is 32.8 Å². The summed E-state index contributed by atoms with van der Waals surface area (Å²) >= 11 is 1.74. The number of hydrogen-bond donors (Lipinski definition) is 0. The Morgan fingerprint density at radius 3 is 2.76 bits per heavy atom. The lowest BCUT2D eigenvalue weighted by atomic mass is 10.1. The lowest BCUT2D eigenvalue weighted by molar-refractivity contribution is 0.677. The summed E-state index contributed by atoms with van der Waals surface area (Å²) in [7, 11) is 2.08. The van der Waals surface area contributed by atoms with Crippen LogP contribution >= 0.6 is 11.3 Å². The third-order valence-corrected chi connectivity index (χ3v) is 5.18. The van der Waals surface area contributed by atoms with Crippen LogP contribution in [-0.2, 0) is 6.42 Å². The molecule has 3 aromatic heterocycles. The van der Waals surface area contributed by atoms with E-state index in [9.17, 15) is 0 Å². The highest BCUT2D eigenvalue weighted by molar-refractivity contribution is 7.07. The smallest absolute Gasteiger partial charge is 0.168 e. The molecule has 6 heteroatoms. The molecule has 0 saturated heterocycles. The van der Waals surface area contributed by atoms with Crippen molar-refractivity contribution >= 4 is 28.2 Å². The number of rotatable bonds is 5. The van der Waals surface area contributed by atoms with Crippen molar-refractivity contribution in [2.24, 2.45) is 0 Å². The Bertz CT molecular complexity index is 962. The molecule has 1 unspecified atom stereocenters. The minimum atomic E-state index is 0.327. The molecule has 0 radical (unpaired) electrons. The van der Waals surface area contributed by atoms with E-state index in [4.69, 9.17) is 0 Å². The highest BCUT2D eigenvalue weighted by Gasteiger charge is 2.18. The molecule has 0 fully saturated rings. The first-order chi connectivity index (χ1) is 12.2. The summed E-state index contributed by atoms with van der Waals surface area (Å²) in [5, 5.41) is 9.82. The van der Waals surface area contributed by atoms with Crippen LogP contribution in [0.15, 0.2) is 59.7 Å². The maximum atomic E-state index is 4.53. The molecule has 0 bridgehead atoms. The fourth-order valence-electron chi connectivity index (χ4n) is 2.97. The Balaban J connectivity index is 1.69. The van der Waals surface area contributed by atoms with E-state index in [-0.39, 0.29) is 0 Å². The second-order valence-corrected chi connectivity index (χ2v) is 6.90. The number of aromatic nitrogens is 4. The third kappa shape index (κ3) is 3.00. The van der Waals surface area contributed by atoms with Crippen LogP contribution in [0.1, 0.15) is 12.5 Å². The number of thiophene rings is 1. The molecule has 0 aliphatic carbocycles. The van der Waals surface area contributed by atoms with Crippen molar-refractivity contribution in [3.05, 3.63) is 65.2 Å². The molecule has 25 heavy (non-hydrogen) atoms. The van der Waals surface area contributed by atoms with Gasteiger partial charge >= 0.3 is 0 Å². The zero-order chi connectivity index (χ0) is 17.2. The lowest BCUT2D eigenvalue weighted by Gasteiger charge is -2.26. The molecule has 0 amide bonds. The maximum absolute atomic E-state index is 4.53. The first kappa shape index (κ1) is 15.8. The highest BCUT2D eigenvalue weighted by atomic mass is 32.1. The molecular formula is C19H19N5S. The van der Waals surface area contributed by atoms with Gasteiger partial charge in [-0.2, -0.15) is 16.4 Å². The van der Waals surface area contributed by atoms with Crippen LogP contribution in [0.2, 0.25) is 0 Å². The lowest BCUT2D eigenvalue weighted by Crippen LogP contribution is -2.31. The van der Waals surface area contributed by atoms with E-state index in [0.717, 1.165) is 29.0 Å². The number of para-hydroxylation sites is 1. The van der Waals surface area contributed by atoms with Gasteiger partial charge in [-0.15, -0.1) is 0 Å². The predicted molar refractivity (Wildman–Crippen MR) is 103 cm³/mol. The monoisotopic (exact) mass is 349 g/mol. The number of benzene rings is 1. The SMILES string of the molecule is CC(Cc1ccsc1)N(C)c1ncnc2c1cnn2-c1ccccc1. The summed E-state index contributed by atoms with van der Waals surface area (Å²) in [4.78, 5) is 11.2. The van der Waals surface area contributed by atoms with Gasteiger partial charge in [0, 0.05) is 13.1 Å². The van der Waals surface area contributed by atoms with Crippen LogP contribution in [0, 0.1) is 0 Å². The van der Waals surface area contributed by atoms with E-state index in [1.54, 1.807) is 17.7 Å². The largest absolute Gasteiger partial charge is 0.356 e. The summed E-state index contributed by atoms with van der Waals surface area (Å²) in [5.74, 6) is 0.912. The minimum Gasteiger partial charge on any atom is -0.356 e. The zero-order valence-corrected chi connectivity index (χ0v) is 15.0. The zero-order valence-electron chi connectivity index (χ0n) is 14.2. The number of anilines is 1. The molecule has 4 aromatic rings. The van der Waals surface area contributed by atoms with Gasteiger partial charge in [0.05, 0.1) is 17.3 Å². The number of fused-ring (bicyclic) bond motifs is 1. The predicted octanol–water partition coefficient (Wildman–Crippen LogP) is 3.94. The van der Waals surface area contributed by atoms with Gasteiger partial charge in [0.1, 0.15) is 12.1 Å². The Hall–Kier alpha value is -2.73. The van der Waals surface area contributed by atoms with Gasteiger partial charge in [-0.25, -0.2) is 14.6 Å². The molecule has 0 aliphatic heterocycles. The highest BCUT2D eigenvalue weighted by Crippen LogP contribution is 2.26. The van der Waals surface area contributed by atoms with Gasteiger partial charge in [0.15, 0.2) is 5.65 Å². The number of hydrogen-bond acceptors (Lipinski definition) is 5. The summed E-state index contributed by atoms with van der Waals surface area (Å²) in [5.41, 5.74) is 3.18. The van der Waals surface area contributed by atoms with Crippen LogP contribution in [0.25, 0.3) is 16.7 Å². The Morgan fingerprint density at radius 2 is 2.00 bits per heavy atom. The molecule has 0 saturated carbocycles. The van der Waals surface area contributed by atoms with E-state index < -0.39 is 0 Å². The minimum absolute atomic E-state index is 0.327. The standard InChI is InChI=1S/C19H19N5S/c1-14(10-15-8-9-25-12-15)23(2)18-17-11-22-24(19(17)21-13-20-18)16-6-4-3-5-7-16/h3-9,11-14H,10H2,1-2H3. The van der Waals surface area contributed by atoms with Crippen LogP contribution < -0.4 is 4.90 Å². The molecule has 0 N–H and O–H groups in total. The van der Waals surface area contributed by atoms with Gasteiger partial charge in [0.2, 0.25) is 0 Å². The number of likely N-dealkylation sites (N-methyl/N-ethyl adjacent to an activating group) is 1. The third-order valence-electron chi connectivity index (χ3n) is 4.45. The van der Waals surface area contributed by atoms with Crippen LogP contribution in [0.3, 0.4) is 0 Å². The molecule has 4 rings (SSSR count). The van der Waals surface area contributed by atoms with Gasteiger partial charge in [-0.3, -0.25) is 0 Å². The Kier molecular flexibility index (Phi) is 4.19. The molecule has 1 aromatic carbocycles. The van der Waals surface area contributed by atoms with Crippen molar-refractivity contribution < 1.29 is 0 Å². The number of nitrogens with zero attached hydrogens (tertiary/aromatic N) is 5. The second kappa shape index (κ2) is 6.64. The van der Waals surface area contributed by atoms with Crippen molar-refractivity contribution in [3.63, 3.8) is 0 Å². The molecule has 0 spiro atoms. The van der Waals surface area contributed by atoms with Crippen molar-refractivity contribution in [1.29, 1.82) is 0 Å². The maximum Gasteiger partial charge on any atom is 0.168 e. The van der Waals surface area contributed by atoms with E-state index in [2.05, 4.69) is 50.8 Å². The van der Waals surface area contributed by atoms with Gasteiger partial charge in [-0.1, -0.05) is 18.2 Å². The average Bonchev–Trinajstić information content (AvgIpc) is 3.31. The topological polar surface area (TPSA) is 46.8 Å². The van der Waals surface area contributed by atoms with E-state index >= 15 is 0 Å². The molecular weight excluding hydrogens is 330 g/mol. The van der Waals surface area contributed by atoms with E-state index in [0.29, 0.717) is 6.04 Å². The van der Waals surface area contributed by atoms with Gasteiger partial charge in [0.25, 0.3) is 0 Å². The van der Waals surface area contributed by atoms with E-state index in [1.165, 1.54) is 5.56 Å². The summed E-state index contributed by atoms with van der Waals surface area (Å²) < 4.78 is 1.86. The van der Waals surface area contributed by atoms with Gasteiger partial charge in [-0.05, 0) is 47.9 Å². The van der Waals surface area contributed by atoms with Crippen LogP contribution in [0.4, 0.5) is 5.82 Å². The molecule has 1 atom stereocenters. The van der Waals surface area contributed by atoms with Gasteiger partial charge < -0.3 is 4.90 Å². The van der Waals surface area contributed by atoms with E-state index in [1.807, 2.05) is 41.2 Å². The fraction of sp³-hybridized carbons (Fsp3) is 0.211. The molecule has 0 aliphatic rings. The fourth-order valence-corrected chi connectivity index (χ4v) is 3.65. The summed E-state index contributed by atoms with van der Waals surface area (Å²) in [6.07, 6.45) is 4.45. The summed E-state index contributed by atoms with van der Waals surface area (Å²) in [6, 6.07) is 12.6. The van der Waals surface area contributed by atoms with Crippen molar-refractivity contribution in [2.45, 2.75) is 19.4 Å². The molecule has 3 heterocycles. The normalized spacial score (nSPS) is 12.4. The van der Waals surface area contributed by atoms with Crippen LogP contribution in [0.5, 0.6) is 0 Å². The molecule has 5 nitrogen and oxygen atoms in total. The first-order valence-electron chi connectivity index (χ1n) is 8.22. The van der Waals surface area contributed by atoms with Crippen molar-refractivity contribution in [3.8, 4) is 5.69 Å². The van der Waals surface area contributed by atoms with Crippen molar-refractivity contribution in [1.82, 2.24) is 19.7 Å². The Morgan fingerprint density at radius 1 is 1.16 bits per heavy atom. The Labute approximate surface area is 150 Å². The second-order valence-electron chi connectivity index (χ2n) is 6.12. The summed E-state index contributed by atoms with van der Waals surface area (Å²) in [6.45, 7) is 2.22. The van der Waals surface area contributed by atoms with Crippen molar-refractivity contribution in [2.75, 3.05) is 11.9 Å². The molecule has 126 valence electrons. The average molecular weight is 349 g/mol. The first-order valence-corrected chi connectivity index (χ1v) is 9.16. The quantitative estimate of drug-likeness (QED) is 0.547.